The number of benzene rings is 3. The summed E-state index contributed by atoms with van der Waals surface area (Å²) in [7, 11) is 3.25. The summed E-state index contributed by atoms with van der Waals surface area (Å²) in [5, 5.41) is 6.40. The molecule has 1 amide bonds. The number of hydrogen-bond donors (Lipinski definition) is 2. The molecular formula is C31H31N3O4. The summed E-state index contributed by atoms with van der Waals surface area (Å²) >= 11 is 0. The molecule has 7 nitrogen and oxygen atoms in total. The van der Waals surface area contributed by atoms with Gasteiger partial charge in [0, 0.05) is 41.5 Å². The maximum atomic E-state index is 12.9. The van der Waals surface area contributed by atoms with Gasteiger partial charge in [0.2, 0.25) is 5.88 Å². The van der Waals surface area contributed by atoms with Gasteiger partial charge in [-0.05, 0) is 72.5 Å². The number of methoxy groups -OCH3 is 2. The number of carbonyl (C=O) groups is 1. The van der Waals surface area contributed by atoms with Gasteiger partial charge in [0.15, 0.2) is 11.5 Å². The Kier molecular flexibility index (Phi) is 7.73. The van der Waals surface area contributed by atoms with E-state index in [0.717, 1.165) is 41.9 Å². The lowest BCUT2D eigenvalue weighted by Gasteiger charge is -2.18. The molecule has 0 radical (unpaired) electrons. The van der Waals surface area contributed by atoms with E-state index in [1.807, 2.05) is 78.9 Å². The van der Waals surface area contributed by atoms with Crippen molar-refractivity contribution in [3.8, 4) is 28.6 Å². The first-order valence-electron chi connectivity index (χ1n) is 12.7. The van der Waals surface area contributed by atoms with Crippen molar-refractivity contribution < 1.29 is 19.0 Å². The fraction of sp³-hybridized carbons (Fsp3) is 0.226. The Balaban J connectivity index is 1.23. The first-order chi connectivity index (χ1) is 18.6. The summed E-state index contributed by atoms with van der Waals surface area (Å²) in [6.45, 7) is 1.45. The molecule has 1 aliphatic heterocycles. The molecule has 3 aromatic carbocycles. The van der Waals surface area contributed by atoms with Gasteiger partial charge in [-0.2, -0.15) is 0 Å². The SMILES string of the molecule is COc1ccc(CCOc2cccc(-c3cccc(NC(=O)c4ccc5c(c4)CCCN5)c3)n2)cc1OC. The van der Waals surface area contributed by atoms with Crippen molar-refractivity contribution in [3.63, 3.8) is 0 Å². The van der Waals surface area contributed by atoms with Crippen LogP contribution in [-0.2, 0) is 12.8 Å². The van der Waals surface area contributed by atoms with Gasteiger partial charge in [-0.15, -0.1) is 0 Å². The predicted octanol–water partition coefficient (Wildman–Crippen LogP) is 6.00. The molecule has 1 aliphatic rings. The van der Waals surface area contributed by atoms with Crippen LogP contribution in [0.25, 0.3) is 11.3 Å². The lowest BCUT2D eigenvalue weighted by atomic mass is 10.0. The molecule has 2 N–H and O–H groups in total. The van der Waals surface area contributed by atoms with Crippen LogP contribution in [0.3, 0.4) is 0 Å². The first kappa shape index (κ1) is 25.1. The van der Waals surface area contributed by atoms with Crippen LogP contribution < -0.4 is 24.8 Å². The number of amides is 1. The average Bonchev–Trinajstić information content (AvgIpc) is 2.97. The number of nitrogens with one attached hydrogen (secondary N) is 2. The molecule has 0 saturated carbocycles. The second-order valence-corrected chi connectivity index (χ2v) is 9.09. The predicted molar refractivity (Wildman–Crippen MR) is 150 cm³/mol. The molecule has 0 unspecified atom stereocenters. The Bertz CT molecular complexity index is 1440. The molecule has 194 valence electrons. The van der Waals surface area contributed by atoms with E-state index in [4.69, 9.17) is 14.2 Å². The summed E-state index contributed by atoms with van der Waals surface area (Å²) in [6, 6.07) is 25.0. The third-order valence-electron chi connectivity index (χ3n) is 6.53. The molecule has 4 aromatic rings. The van der Waals surface area contributed by atoms with Gasteiger partial charge in [0.05, 0.1) is 26.5 Å². The number of ether oxygens (including phenoxy) is 3. The maximum Gasteiger partial charge on any atom is 0.255 e. The zero-order valence-electron chi connectivity index (χ0n) is 21.6. The fourth-order valence-electron chi connectivity index (χ4n) is 4.54. The monoisotopic (exact) mass is 509 g/mol. The van der Waals surface area contributed by atoms with Crippen LogP contribution in [0.15, 0.2) is 78.9 Å². The molecular weight excluding hydrogens is 478 g/mol. The van der Waals surface area contributed by atoms with Crippen molar-refractivity contribution in [3.05, 3.63) is 95.6 Å². The molecule has 38 heavy (non-hydrogen) atoms. The number of rotatable bonds is 9. The fourth-order valence-corrected chi connectivity index (χ4v) is 4.54. The van der Waals surface area contributed by atoms with Gasteiger partial charge in [0.25, 0.3) is 5.91 Å². The zero-order valence-corrected chi connectivity index (χ0v) is 21.6. The van der Waals surface area contributed by atoms with Crippen molar-refractivity contribution in [2.45, 2.75) is 19.3 Å². The van der Waals surface area contributed by atoms with E-state index in [2.05, 4.69) is 15.6 Å². The van der Waals surface area contributed by atoms with E-state index in [9.17, 15) is 4.79 Å². The number of pyridine rings is 1. The van der Waals surface area contributed by atoms with Gasteiger partial charge in [-0.3, -0.25) is 4.79 Å². The molecule has 2 heterocycles. The Morgan fingerprint density at radius 3 is 2.68 bits per heavy atom. The lowest BCUT2D eigenvalue weighted by Crippen LogP contribution is -2.15. The van der Waals surface area contributed by atoms with Gasteiger partial charge in [-0.25, -0.2) is 4.98 Å². The summed E-state index contributed by atoms with van der Waals surface area (Å²) in [5.41, 5.74) is 6.41. The highest BCUT2D eigenvalue weighted by Gasteiger charge is 2.13. The van der Waals surface area contributed by atoms with Gasteiger partial charge < -0.3 is 24.8 Å². The van der Waals surface area contributed by atoms with Crippen LogP contribution in [0.4, 0.5) is 11.4 Å². The summed E-state index contributed by atoms with van der Waals surface area (Å²) in [5.74, 6) is 1.81. The number of nitrogens with zero attached hydrogens (tertiary/aromatic N) is 1. The van der Waals surface area contributed by atoms with Crippen molar-refractivity contribution in [1.82, 2.24) is 4.98 Å². The summed E-state index contributed by atoms with van der Waals surface area (Å²) in [4.78, 5) is 17.6. The van der Waals surface area contributed by atoms with E-state index in [1.165, 1.54) is 5.56 Å². The van der Waals surface area contributed by atoms with Crippen LogP contribution in [0.5, 0.6) is 17.4 Å². The van der Waals surface area contributed by atoms with Crippen LogP contribution in [0.2, 0.25) is 0 Å². The van der Waals surface area contributed by atoms with Gasteiger partial charge in [-0.1, -0.05) is 24.3 Å². The van der Waals surface area contributed by atoms with Crippen LogP contribution in [-0.4, -0.2) is 38.3 Å². The quantitative estimate of drug-likeness (QED) is 0.288. The summed E-state index contributed by atoms with van der Waals surface area (Å²) < 4.78 is 16.6. The normalized spacial score (nSPS) is 12.2. The molecule has 0 bridgehead atoms. The largest absolute Gasteiger partial charge is 0.493 e. The minimum absolute atomic E-state index is 0.129. The standard InChI is InChI=1S/C31H31N3O4/c1-36-28-14-11-21(18-29(28)37-2)15-17-38-30-10-4-9-27(34-30)23-6-3-8-25(20-23)33-31(35)24-12-13-26-22(19-24)7-5-16-32-26/h3-4,6,8-14,18-20,32H,5,7,15-17H2,1-2H3,(H,33,35). The third-order valence-corrected chi connectivity index (χ3v) is 6.53. The second-order valence-electron chi connectivity index (χ2n) is 9.09. The van der Waals surface area contributed by atoms with Crippen molar-refractivity contribution in [2.75, 3.05) is 38.0 Å². The van der Waals surface area contributed by atoms with E-state index < -0.39 is 0 Å². The van der Waals surface area contributed by atoms with Gasteiger partial charge >= 0.3 is 0 Å². The minimum atomic E-state index is -0.129. The van der Waals surface area contributed by atoms with Crippen molar-refractivity contribution in [1.29, 1.82) is 0 Å². The van der Waals surface area contributed by atoms with E-state index in [0.29, 0.717) is 41.7 Å². The van der Waals surface area contributed by atoms with E-state index in [-0.39, 0.29) is 5.91 Å². The van der Waals surface area contributed by atoms with E-state index in [1.54, 1.807) is 14.2 Å². The van der Waals surface area contributed by atoms with Crippen LogP contribution in [0, 0.1) is 0 Å². The Morgan fingerprint density at radius 2 is 1.82 bits per heavy atom. The number of aryl methyl sites for hydroxylation is 1. The summed E-state index contributed by atoms with van der Waals surface area (Å²) in [6.07, 6.45) is 2.76. The molecule has 0 aliphatic carbocycles. The zero-order chi connectivity index (χ0) is 26.3. The molecule has 1 aromatic heterocycles. The topological polar surface area (TPSA) is 81.7 Å². The molecule has 0 spiro atoms. The number of fused-ring (bicyclic) bond motifs is 1. The molecule has 0 fully saturated rings. The highest BCUT2D eigenvalue weighted by atomic mass is 16.5. The minimum Gasteiger partial charge on any atom is -0.493 e. The second kappa shape index (κ2) is 11.7. The highest BCUT2D eigenvalue weighted by molar-refractivity contribution is 6.05. The molecule has 7 heteroatoms. The van der Waals surface area contributed by atoms with Gasteiger partial charge in [0.1, 0.15) is 0 Å². The molecule has 0 saturated heterocycles. The number of aromatic nitrogens is 1. The molecule has 5 rings (SSSR count). The van der Waals surface area contributed by atoms with Crippen LogP contribution in [0.1, 0.15) is 27.9 Å². The number of anilines is 2. The smallest absolute Gasteiger partial charge is 0.255 e. The highest BCUT2D eigenvalue weighted by Crippen LogP contribution is 2.28. The number of hydrogen-bond acceptors (Lipinski definition) is 6. The third kappa shape index (κ3) is 5.89. The molecule has 0 atom stereocenters. The Labute approximate surface area is 222 Å². The number of carbonyl (C=O) groups excluding carboxylic acids is 1. The Hall–Kier alpha value is -4.52. The maximum absolute atomic E-state index is 12.9. The average molecular weight is 510 g/mol. The van der Waals surface area contributed by atoms with Crippen molar-refractivity contribution in [2.24, 2.45) is 0 Å². The Morgan fingerprint density at radius 1 is 0.947 bits per heavy atom. The van der Waals surface area contributed by atoms with E-state index >= 15 is 0 Å². The van der Waals surface area contributed by atoms with Crippen molar-refractivity contribution >= 4 is 17.3 Å². The van der Waals surface area contributed by atoms with Crippen LogP contribution >= 0.6 is 0 Å². The first-order valence-corrected chi connectivity index (χ1v) is 12.7. The lowest BCUT2D eigenvalue weighted by molar-refractivity contribution is 0.102.